The highest BCUT2D eigenvalue weighted by Gasteiger charge is 2.35. The lowest BCUT2D eigenvalue weighted by Gasteiger charge is -2.34. The number of ketones is 1. The number of aromatic nitrogens is 4. The number of rotatable bonds is 8. The number of halogens is 2. The minimum Gasteiger partial charge on any atom is -0.497 e. The van der Waals surface area contributed by atoms with Crippen molar-refractivity contribution in [2.75, 3.05) is 7.11 Å². The van der Waals surface area contributed by atoms with E-state index in [4.69, 9.17) is 16.3 Å². The van der Waals surface area contributed by atoms with Crippen LogP contribution in [0.3, 0.4) is 0 Å². The van der Waals surface area contributed by atoms with Gasteiger partial charge in [-0.2, -0.15) is 5.10 Å². The molecule has 2 aromatic heterocycles. The van der Waals surface area contributed by atoms with E-state index in [1.165, 1.54) is 4.57 Å². The van der Waals surface area contributed by atoms with Crippen LogP contribution in [0.5, 0.6) is 5.75 Å². The second kappa shape index (κ2) is 12.5. The van der Waals surface area contributed by atoms with Crippen molar-refractivity contribution in [2.45, 2.75) is 45.3 Å². The van der Waals surface area contributed by atoms with E-state index in [1.807, 2.05) is 74.6 Å². The van der Waals surface area contributed by atoms with Gasteiger partial charge >= 0.3 is 5.69 Å². The van der Waals surface area contributed by atoms with Crippen molar-refractivity contribution in [2.24, 2.45) is 0 Å². The molecule has 0 spiro atoms. The van der Waals surface area contributed by atoms with Gasteiger partial charge in [0.1, 0.15) is 11.4 Å². The summed E-state index contributed by atoms with van der Waals surface area (Å²) in [5, 5.41) is 4.71. The van der Waals surface area contributed by atoms with Crippen LogP contribution in [0.4, 0.5) is 0 Å². The van der Waals surface area contributed by atoms with E-state index < -0.39 is 0 Å². The molecule has 9 nitrogen and oxygen atoms in total. The lowest BCUT2D eigenvalue weighted by molar-refractivity contribution is 0.0610. The number of hydrogen-bond donors (Lipinski definition) is 0. The summed E-state index contributed by atoms with van der Waals surface area (Å²) in [5.41, 5.74) is 3.27. The molecule has 0 saturated heterocycles. The number of carbonyl (C=O) groups is 2. The smallest absolute Gasteiger partial charge is 0.333 e. The summed E-state index contributed by atoms with van der Waals surface area (Å²) in [7, 11) is 1.61. The number of imidazole rings is 1. The van der Waals surface area contributed by atoms with Crippen molar-refractivity contribution in [1.29, 1.82) is 0 Å². The fourth-order valence-corrected chi connectivity index (χ4v) is 6.24. The first-order valence-corrected chi connectivity index (χ1v) is 15.7. The SMILES string of the molecule is COc1ccc([C@H](C)CC(=O)c2c3n(c(=O)n2-c2ccc(-n4cccn4)cc2)C[C@H](C)N(C(=O)c2ccc(Br)c(Cl)c2)C3)cc1. The Balaban J connectivity index is 1.41. The number of fused-ring (bicyclic) bond motifs is 1. The minimum atomic E-state index is -0.317. The van der Waals surface area contributed by atoms with E-state index >= 15 is 0 Å². The predicted octanol–water partition coefficient (Wildman–Crippen LogP) is 6.67. The summed E-state index contributed by atoms with van der Waals surface area (Å²) in [5.74, 6) is 0.192. The standard InChI is InChI=1S/C34H31BrClN5O4/c1-21(23-5-12-27(45-3)13-6-23)17-31(42)32-30-20-38(33(43)24-7-14-28(35)29(36)18-24)22(2)19-39(30)34(44)41(32)26-10-8-25(9-11-26)40-16-4-15-37-40/h4-16,18,21-22H,17,19-20H2,1-3H3/t21-,22+/m1/s1. The van der Waals surface area contributed by atoms with Gasteiger partial charge in [-0.3, -0.25) is 18.7 Å². The van der Waals surface area contributed by atoms with E-state index in [1.54, 1.807) is 45.7 Å². The maximum atomic E-state index is 14.3. The molecule has 1 amide bonds. The van der Waals surface area contributed by atoms with Gasteiger partial charge in [-0.05, 0) is 95.0 Å². The molecule has 0 bridgehead atoms. The number of carbonyl (C=O) groups excluding carboxylic acids is 2. The summed E-state index contributed by atoms with van der Waals surface area (Å²) in [6, 6.07) is 21.6. The highest BCUT2D eigenvalue weighted by molar-refractivity contribution is 9.10. The minimum absolute atomic E-state index is 0.0965. The summed E-state index contributed by atoms with van der Waals surface area (Å²) >= 11 is 9.69. The maximum absolute atomic E-state index is 14.3. The molecule has 230 valence electrons. The van der Waals surface area contributed by atoms with Gasteiger partial charge in [-0.15, -0.1) is 0 Å². The number of nitrogens with zero attached hydrogens (tertiary/aromatic N) is 5. The average Bonchev–Trinajstić information content (AvgIpc) is 3.68. The zero-order chi connectivity index (χ0) is 31.8. The number of amides is 1. The number of Topliss-reactive ketones (excluding diaryl/α,β-unsaturated/α-hetero) is 1. The molecule has 1 aliphatic heterocycles. The first-order valence-electron chi connectivity index (χ1n) is 14.5. The van der Waals surface area contributed by atoms with Crippen LogP contribution in [-0.2, 0) is 13.1 Å². The Morgan fingerprint density at radius 2 is 1.78 bits per heavy atom. The Morgan fingerprint density at radius 3 is 2.42 bits per heavy atom. The Morgan fingerprint density at radius 1 is 1.07 bits per heavy atom. The van der Waals surface area contributed by atoms with Crippen LogP contribution in [0.2, 0.25) is 5.02 Å². The van der Waals surface area contributed by atoms with E-state index in [9.17, 15) is 14.4 Å². The Hall–Kier alpha value is -4.41. The van der Waals surface area contributed by atoms with Gasteiger partial charge in [0.05, 0.1) is 35.7 Å². The van der Waals surface area contributed by atoms with E-state index in [0.29, 0.717) is 26.4 Å². The summed E-state index contributed by atoms with van der Waals surface area (Å²) < 4.78 is 10.8. The molecule has 0 N–H and O–H groups in total. The second-order valence-corrected chi connectivity index (χ2v) is 12.5. The van der Waals surface area contributed by atoms with Crippen LogP contribution in [0, 0.1) is 0 Å². The van der Waals surface area contributed by atoms with Crippen LogP contribution in [0.25, 0.3) is 11.4 Å². The van der Waals surface area contributed by atoms with Gasteiger partial charge in [0.15, 0.2) is 5.78 Å². The van der Waals surface area contributed by atoms with Crippen molar-refractivity contribution in [3.63, 3.8) is 0 Å². The van der Waals surface area contributed by atoms with Gasteiger partial charge in [-0.25, -0.2) is 9.48 Å². The molecule has 2 atom stereocenters. The molecule has 0 radical (unpaired) electrons. The van der Waals surface area contributed by atoms with Crippen molar-refractivity contribution in [3.8, 4) is 17.1 Å². The highest BCUT2D eigenvalue weighted by atomic mass is 79.9. The van der Waals surface area contributed by atoms with Crippen LogP contribution >= 0.6 is 27.5 Å². The summed E-state index contributed by atoms with van der Waals surface area (Å²) in [6.07, 6.45) is 3.69. The zero-order valence-electron chi connectivity index (χ0n) is 25.0. The topological polar surface area (TPSA) is 91.4 Å². The van der Waals surface area contributed by atoms with Crippen LogP contribution < -0.4 is 10.4 Å². The molecule has 0 unspecified atom stereocenters. The van der Waals surface area contributed by atoms with E-state index in [0.717, 1.165) is 17.0 Å². The number of benzene rings is 3. The van der Waals surface area contributed by atoms with Crippen molar-refractivity contribution in [3.05, 3.63) is 128 Å². The maximum Gasteiger partial charge on any atom is 0.333 e. The van der Waals surface area contributed by atoms with Gasteiger partial charge in [0.2, 0.25) is 0 Å². The normalized spacial score (nSPS) is 15.0. The molecule has 45 heavy (non-hydrogen) atoms. The molecule has 11 heteroatoms. The first kappa shape index (κ1) is 30.6. The predicted molar refractivity (Wildman–Crippen MR) is 176 cm³/mol. The molecular formula is C34H31BrClN5O4. The summed E-state index contributed by atoms with van der Waals surface area (Å²) in [4.78, 5) is 43.8. The number of hydrogen-bond acceptors (Lipinski definition) is 5. The molecular weight excluding hydrogens is 658 g/mol. The quantitative estimate of drug-likeness (QED) is 0.170. The fraction of sp³-hybridized carbons (Fsp3) is 0.235. The molecule has 0 aliphatic carbocycles. The van der Waals surface area contributed by atoms with Crippen molar-refractivity contribution >= 4 is 39.2 Å². The molecule has 0 fully saturated rings. The third-order valence-electron chi connectivity index (χ3n) is 8.29. The molecule has 0 saturated carbocycles. The van der Waals surface area contributed by atoms with Crippen LogP contribution in [0.1, 0.15) is 58.3 Å². The lowest BCUT2D eigenvalue weighted by Crippen LogP contribution is -2.46. The highest BCUT2D eigenvalue weighted by Crippen LogP contribution is 2.30. The number of methoxy groups -OCH3 is 1. The first-order chi connectivity index (χ1) is 21.7. The molecule has 3 aromatic carbocycles. The van der Waals surface area contributed by atoms with Gasteiger partial charge in [-0.1, -0.05) is 30.7 Å². The fourth-order valence-electron chi connectivity index (χ4n) is 5.81. The molecule has 6 rings (SSSR count). The second-order valence-electron chi connectivity index (χ2n) is 11.2. The third-order valence-corrected chi connectivity index (χ3v) is 9.52. The van der Waals surface area contributed by atoms with Crippen molar-refractivity contribution < 1.29 is 14.3 Å². The van der Waals surface area contributed by atoms with Gasteiger partial charge < -0.3 is 9.64 Å². The molecule has 3 heterocycles. The van der Waals surface area contributed by atoms with Crippen LogP contribution in [0.15, 0.2) is 94.5 Å². The summed E-state index contributed by atoms with van der Waals surface area (Å²) in [6.45, 7) is 4.23. The molecule has 5 aromatic rings. The Labute approximate surface area is 273 Å². The number of ether oxygens (including phenoxy) is 1. The Kier molecular flexibility index (Phi) is 8.52. The largest absolute Gasteiger partial charge is 0.497 e. The molecule has 1 aliphatic rings. The monoisotopic (exact) mass is 687 g/mol. The van der Waals surface area contributed by atoms with E-state index in [-0.39, 0.29) is 54.5 Å². The lowest BCUT2D eigenvalue weighted by atomic mass is 9.94. The zero-order valence-corrected chi connectivity index (χ0v) is 27.3. The average molecular weight is 689 g/mol. The third kappa shape index (κ3) is 5.87. The van der Waals surface area contributed by atoms with E-state index in [2.05, 4.69) is 21.0 Å². The van der Waals surface area contributed by atoms with Gasteiger partial charge in [0, 0.05) is 41.4 Å². The van der Waals surface area contributed by atoms with Crippen molar-refractivity contribution in [1.82, 2.24) is 23.8 Å². The van der Waals surface area contributed by atoms with Gasteiger partial charge in [0.25, 0.3) is 5.91 Å². The van der Waals surface area contributed by atoms with Crippen LogP contribution in [-0.4, -0.2) is 48.7 Å². The Bertz CT molecular complexity index is 1930.